The minimum atomic E-state index is -0.908. The number of fused-ring (bicyclic) bond motifs is 3. The highest BCUT2D eigenvalue weighted by molar-refractivity contribution is 6.10. The molecule has 27 heavy (non-hydrogen) atoms. The van der Waals surface area contributed by atoms with Crippen LogP contribution in [0.15, 0.2) is 66.7 Å². The first-order chi connectivity index (χ1) is 13.0. The van der Waals surface area contributed by atoms with Crippen LogP contribution in [0.3, 0.4) is 0 Å². The molecule has 4 rings (SSSR count). The van der Waals surface area contributed by atoms with Gasteiger partial charge in [-0.2, -0.15) is 0 Å². The SMILES string of the molecule is CC(C)Oc1ccc(Cn2c3ccccc3c3cc(C(=O)O)ccc32)cc1. The molecule has 1 aromatic heterocycles. The van der Waals surface area contributed by atoms with Crippen molar-refractivity contribution in [2.75, 3.05) is 0 Å². The molecule has 0 bridgehead atoms. The van der Waals surface area contributed by atoms with Crippen LogP contribution in [-0.4, -0.2) is 21.7 Å². The van der Waals surface area contributed by atoms with Crippen molar-refractivity contribution in [1.82, 2.24) is 4.57 Å². The van der Waals surface area contributed by atoms with Crippen molar-refractivity contribution in [1.29, 1.82) is 0 Å². The fraction of sp³-hybridized carbons (Fsp3) is 0.174. The number of hydrogen-bond acceptors (Lipinski definition) is 2. The number of carboxylic acids is 1. The summed E-state index contributed by atoms with van der Waals surface area (Å²) in [6.45, 7) is 4.73. The summed E-state index contributed by atoms with van der Waals surface area (Å²) < 4.78 is 7.95. The average molecular weight is 359 g/mol. The van der Waals surface area contributed by atoms with E-state index in [2.05, 4.69) is 22.8 Å². The number of benzene rings is 3. The van der Waals surface area contributed by atoms with Gasteiger partial charge in [0.15, 0.2) is 0 Å². The number of ether oxygens (including phenoxy) is 1. The molecule has 4 aromatic rings. The lowest BCUT2D eigenvalue weighted by Gasteiger charge is -2.11. The van der Waals surface area contributed by atoms with Crippen LogP contribution in [0, 0.1) is 0 Å². The molecule has 1 heterocycles. The highest BCUT2D eigenvalue weighted by Crippen LogP contribution is 2.30. The number of carboxylic acid groups (broad SMARTS) is 1. The van der Waals surface area contributed by atoms with Gasteiger partial charge in [0.1, 0.15) is 5.75 Å². The molecule has 0 aliphatic carbocycles. The molecule has 0 fully saturated rings. The van der Waals surface area contributed by atoms with Gasteiger partial charge in [0.05, 0.1) is 11.7 Å². The Hall–Kier alpha value is -3.27. The minimum Gasteiger partial charge on any atom is -0.491 e. The van der Waals surface area contributed by atoms with Gasteiger partial charge in [-0.25, -0.2) is 4.79 Å². The molecule has 0 amide bonds. The Morgan fingerprint density at radius 3 is 2.37 bits per heavy atom. The zero-order chi connectivity index (χ0) is 19.0. The lowest BCUT2D eigenvalue weighted by Crippen LogP contribution is -2.05. The third kappa shape index (κ3) is 3.26. The highest BCUT2D eigenvalue weighted by Gasteiger charge is 2.13. The molecule has 3 aromatic carbocycles. The summed E-state index contributed by atoms with van der Waals surface area (Å²) in [5, 5.41) is 11.4. The molecule has 0 atom stereocenters. The van der Waals surface area contributed by atoms with Crippen molar-refractivity contribution in [3.05, 3.63) is 77.9 Å². The fourth-order valence-electron chi connectivity index (χ4n) is 3.49. The van der Waals surface area contributed by atoms with Crippen molar-refractivity contribution in [2.24, 2.45) is 0 Å². The number of aromatic nitrogens is 1. The second-order valence-corrected chi connectivity index (χ2v) is 6.95. The van der Waals surface area contributed by atoms with E-state index in [1.807, 2.05) is 50.2 Å². The van der Waals surface area contributed by atoms with Gasteiger partial charge >= 0.3 is 5.97 Å². The molecule has 4 nitrogen and oxygen atoms in total. The summed E-state index contributed by atoms with van der Waals surface area (Å²) in [6, 6.07) is 21.6. The second-order valence-electron chi connectivity index (χ2n) is 6.95. The van der Waals surface area contributed by atoms with Crippen LogP contribution in [0.4, 0.5) is 0 Å². The number of aromatic carboxylic acids is 1. The van der Waals surface area contributed by atoms with E-state index in [9.17, 15) is 9.90 Å². The van der Waals surface area contributed by atoms with Crippen LogP contribution < -0.4 is 4.74 Å². The molecule has 4 heteroatoms. The smallest absolute Gasteiger partial charge is 0.335 e. The maximum Gasteiger partial charge on any atom is 0.335 e. The van der Waals surface area contributed by atoms with Gasteiger partial charge in [-0.05, 0) is 55.8 Å². The number of para-hydroxylation sites is 1. The van der Waals surface area contributed by atoms with Gasteiger partial charge in [-0.15, -0.1) is 0 Å². The summed E-state index contributed by atoms with van der Waals surface area (Å²) in [5.74, 6) is -0.0449. The van der Waals surface area contributed by atoms with E-state index < -0.39 is 5.97 Å². The fourth-order valence-corrected chi connectivity index (χ4v) is 3.49. The first kappa shape index (κ1) is 17.2. The molecule has 0 aliphatic rings. The summed E-state index contributed by atoms with van der Waals surface area (Å²) in [5.41, 5.74) is 3.60. The predicted octanol–water partition coefficient (Wildman–Crippen LogP) is 5.33. The third-order valence-electron chi connectivity index (χ3n) is 4.66. The van der Waals surface area contributed by atoms with E-state index in [4.69, 9.17) is 4.74 Å². The molecular formula is C23H21NO3. The van der Waals surface area contributed by atoms with Crippen molar-refractivity contribution in [3.63, 3.8) is 0 Å². The summed E-state index contributed by atoms with van der Waals surface area (Å²) in [6.07, 6.45) is 0.150. The van der Waals surface area contributed by atoms with Crippen molar-refractivity contribution < 1.29 is 14.6 Å². The topological polar surface area (TPSA) is 51.5 Å². The monoisotopic (exact) mass is 359 g/mol. The van der Waals surface area contributed by atoms with Gasteiger partial charge in [-0.1, -0.05) is 30.3 Å². The Bertz CT molecular complexity index is 1120. The molecule has 1 N–H and O–H groups in total. The Kier molecular flexibility index (Phi) is 4.32. The second kappa shape index (κ2) is 6.80. The molecule has 0 aliphatic heterocycles. The minimum absolute atomic E-state index is 0.150. The normalized spacial score (nSPS) is 11.4. The van der Waals surface area contributed by atoms with Crippen LogP contribution in [0.1, 0.15) is 29.8 Å². The molecule has 0 unspecified atom stereocenters. The van der Waals surface area contributed by atoms with Crippen molar-refractivity contribution in [2.45, 2.75) is 26.5 Å². The number of rotatable bonds is 5. The zero-order valence-corrected chi connectivity index (χ0v) is 15.3. The van der Waals surface area contributed by atoms with E-state index in [0.29, 0.717) is 12.1 Å². The lowest BCUT2D eigenvalue weighted by molar-refractivity contribution is 0.0697. The first-order valence-electron chi connectivity index (χ1n) is 9.03. The summed E-state index contributed by atoms with van der Waals surface area (Å²) in [7, 11) is 0. The molecule has 0 spiro atoms. The molecule has 136 valence electrons. The van der Waals surface area contributed by atoms with E-state index in [0.717, 1.165) is 33.1 Å². The van der Waals surface area contributed by atoms with E-state index in [1.54, 1.807) is 12.1 Å². The van der Waals surface area contributed by atoms with Gasteiger partial charge < -0.3 is 14.4 Å². The Labute approximate surface area is 157 Å². The maximum atomic E-state index is 11.4. The van der Waals surface area contributed by atoms with Crippen molar-refractivity contribution in [3.8, 4) is 5.75 Å². The van der Waals surface area contributed by atoms with Crippen LogP contribution >= 0.6 is 0 Å². The predicted molar refractivity (Wildman–Crippen MR) is 108 cm³/mol. The quantitative estimate of drug-likeness (QED) is 0.524. The van der Waals surface area contributed by atoms with Crippen LogP contribution in [0.2, 0.25) is 0 Å². The average Bonchev–Trinajstić information content (AvgIpc) is 2.96. The molecule has 0 radical (unpaired) electrons. The standard InChI is InChI=1S/C23H21NO3/c1-15(2)27-18-10-7-16(8-11-18)14-24-21-6-4-3-5-19(21)20-13-17(23(25)26)9-12-22(20)24/h3-13,15H,14H2,1-2H3,(H,25,26). The summed E-state index contributed by atoms with van der Waals surface area (Å²) in [4.78, 5) is 11.4. The lowest BCUT2D eigenvalue weighted by atomic mass is 10.1. The Morgan fingerprint density at radius 1 is 0.963 bits per heavy atom. The molecule has 0 saturated heterocycles. The zero-order valence-electron chi connectivity index (χ0n) is 15.3. The molecule has 0 saturated carbocycles. The van der Waals surface area contributed by atoms with Crippen LogP contribution in [-0.2, 0) is 6.54 Å². The Balaban J connectivity index is 1.79. The van der Waals surface area contributed by atoms with E-state index >= 15 is 0 Å². The third-order valence-corrected chi connectivity index (χ3v) is 4.66. The number of hydrogen-bond donors (Lipinski definition) is 1. The maximum absolute atomic E-state index is 11.4. The van der Waals surface area contributed by atoms with Gasteiger partial charge in [0.25, 0.3) is 0 Å². The Morgan fingerprint density at radius 2 is 1.67 bits per heavy atom. The number of carbonyl (C=O) groups is 1. The van der Waals surface area contributed by atoms with E-state index in [1.165, 1.54) is 0 Å². The largest absolute Gasteiger partial charge is 0.491 e. The highest BCUT2D eigenvalue weighted by atomic mass is 16.5. The molecular weight excluding hydrogens is 338 g/mol. The van der Waals surface area contributed by atoms with Gasteiger partial charge in [0.2, 0.25) is 0 Å². The van der Waals surface area contributed by atoms with Crippen molar-refractivity contribution >= 4 is 27.8 Å². The number of nitrogens with zero attached hydrogens (tertiary/aromatic N) is 1. The van der Waals surface area contributed by atoms with E-state index in [-0.39, 0.29) is 6.10 Å². The van der Waals surface area contributed by atoms with Crippen LogP contribution in [0.25, 0.3) is 21.8 Å². The first-order valence-corrected chi connectivity index (χ1v) is 9.03. The van der Waals surface area contributed by atoms with Crippen LogP contribution in [0.5, 0.6) is 5.75 Å². The van der Waals surface area contributed by atoms with Gasteiger partial charge in [-0.3, -0.25) is 0 Å². The summed E-state index contributed by atoms with van der Waals surface area (Å²) >= 11 is 0. The van der Waals surface area contributed by atoms with Gasteiger partial charge in [0, 0.05) is 28.4 Å².